The molecule has 4 aromatic rings. The summed E-state index contributed by atoms with van der Waals surface area (Å²) in [7, 11) is 0. The molecule has 3 heteroatoms. The van der Waals surface area contributed by atoms with Crippen LogP contribution in [0.5, 0.6) is 11.5 Å². The molecule has 0 heterocycles. The minimum Gasteiger partial charge on any atom is -0.508 e. The van der Waals surface area contributed by atoms with Crippen LogP contribution in [-0.2, 0) is 10.8 Å². The second kappa shape index (κ2) is 9.89. The number of rotatable bonds is 7. The van der Waals surface area contributed by atoms with E-state index in [4.69, 9.17) is 0 Å². The summed E-state index contributed by atoms with van der Waals surface area (Å²) in [6.07, 6.45) is 0.841. The van der Waals surface area contributed by atoms with Crippen molar-refractivity contribution in [3.05, 3.63) is 129 Å². The lowest BCUT2D eigenvalue weighted by Crippen LogP contribution is -2.23. The van der Waals surface area contributed by atoms with Crippen LogP contribution in [0.2, 0.25) is 0 Å². The second-order valence-electron chi connectivity index (χ2n) is 11.1. The van der Waals surface area contributed by atoms with Crippen molar-refractivity contribution in [2.75, 3.05) is 0 Å². The highest BCUT2D eigenvalue weighted by Crippen LogP contribution is 2.40. The fourth-order valence-corrected chi connectivity index (χ4v) is 5.01. The van der Waals surface area contributed by atoms with Crippen LogP contribution < -0.4 is 0 Å². The molecule has 2 N–H and O–H groups in total. The lowest BCUT2D eigenvalue weighted by molar-refractivity contribution is 0.112. The standard InChI is InChI=1S/C34H36O3/c1-22-18-28(14-16-31(22)36)33(3,4)26-8-7-9-27(19-26)34(5,6)29-15-17-32(37)30(20-29)23(2)25-12-10-24(21-35)11-13-25/h7-21,23,36-37H,1-6H3. The lowest BCUT2D eigenvalue weighted by atomic mass is 9.72. The molecule has 0 aliphatic heterocycles. The van der Waals surface area contributed by atoms with Gasteiger partial charge in [0.15, 0.2) is 0 Å². The number of aldehydes is 1. The van der Waals surface area contributed by atoms with Gasteiger partial charge in [-0.3, -0.25) is 4.79 Å². The Kier molecular flexibility index (Phi) is 7.01. The molecule has 0 saturated heterocycles. The third-order valence-electron chi connectivity index (χ3n) is 8.01. The molecular formula is C34H36O3. The average Bonchev–Trinajstić information content (AvgIpc) is 2.90. The van der Waals surface area contributed by atoms with Crippen LogP contribution in [0.15, 0.2) is 84.9 Å². The van der Waals surface area contributed by atoms with Crippen molar-refractivity contribution >= 4 is 6.29 Å². The molecule has 190 valence electrons. The Morgan fingerprint density at radius 1 is 0.676 bits per heavy atom. The zero-order valence-electron chi connectivity index (χ0n) is 22.5. The Morgan fingerprint density at radius 3 is 1.73 bits per heavy atom. The molecule has 0 aliphatic carbocycles. The maximum Gasteiger partial charge on any atom is 0.150 e. The number of carbonyl (C=O) groups is 1. The molecular weight excluding hydrogens is 456 g/mol. The summed E-state index contributed by atoms with van der Waals surface area (Å²) in [6, 6.07) is 27.9. The highest BCUT2D eigenvalue weighted by Gasteiger charge is 2.29. The SMILES string of the molecule is Cc1cc(C(C)(C)c2cccc(C(C)(C)c3ccc(O)c(C(C)c4ccc(C=O)cc4)c3)c2)ccc1O. The van der Waals surface area contributed by atoms with Gasteiger partial charge in [0.2, 0.25) is 0 Å². The number of hydrogen-bond donors (Lipinski definition) is 2. The van der Waals surface area contributed by atoms with Crippen molar-refractivity contribution in [3.63, 3.8) is 0 Å². The van der Waals surface area contributed by atoms with E-state index >= 15 is 0 Å². The third kappa shape index (κ3) is 5.04. The first-order chi connectivity index (χ1) is 17.4. The number of carbonyl (C=O) groups excluding carboxylic acids is 1. The van der Waals surface area contributed by atoms with Gasteiger partial charge < -0.3 is 10.2 Å². The summed E-state index contributed by atoms with van der Waals surface area (Å²) >= 11 is 0. The summed E-state index contributed by atoms with van der Waals surface area (Å²) in [5, 5.41) is 20.8. The predicted molar refractivity (Wildman–Crippen MR) is 151 cm³/mol. The third-order valence-corrected chi connectivity index (χ3v) is 8.01. The van der Waals surface area contributed by atoms with Crippen molar-refractivity contribution in [2.24, 2.45) is 0 Å². The van der Waals surface area contributed by atoms with E-state index in [-0.39, 0.29) is 22.5 Å². The van der Waals surface area contributed by atoms with E-state index in [1.165, 1.54) is 11.1 Å². The molecule has 0 amide bonds. The Morgan fingerprint density at radius 2 is 1.19 bits per heavy atom. The normalized spacial score (nSPS) is 12.8. The number of phenolic OH excluding ortho intramolecular Hbond substituents is 2. The molecule has 0 aromatic heterocycles. The van der Waals surface area contributed by atoms with Crippen LogP contribution in [0.4, 0.5) is 0 Å². The first-order valence-corrected chi connectivity index (χ1v) is 12.7. The van der Waals surface area contributed by atoms with E-state index in [9.17, 15) is 15.0 Å². The molecule has 0 fully saturated rings. The van der Waals surface area contributed by atoms with Crippen molar-refractivity contribution in [3.8, 4) is 11.5 Å². The highest BCUT2D eigenvalue weighted by atomic mass is 16.3. The van der Waals surface area contributed by atoms with Gasteiger partial charge in [-0.05, 0) is 52.4 Å². The van der Waals surface area contributed by atoms with Crippen LogP contribution in [0, 0.1) is 6.92 Å². The van der Waals surface area contributed by atoms with Gasteiger partial charge in [0.05, 0.1) is 0 Å². The molecule has 1 unspecified atom stereocenters. The molecule has 0 saturated carbocycles. The van der Waals surface area contributed by atoms with Crippen LogP contribution in [0.3, 0.4) is 0 Å². The lowest BCUT2D eigenvalue weighted by Gasteiger charge is -2.31. The predicted octanol–water partition coefficient (Wildman–Crippen LogP) is 8.02. The zero-order chi connectivity index (χ0) is 27.0. The Balaban J connectivity index is 1.71. The largest absolute Gasteiger partial charge is 0.508 e. The van der Waals surface area contributed by atoms with Crippen LogP contribution in [0.25, 0.3) is 0 Å². The smallest absolute Gasteiger partial charge is 0.150 e. The zero-order valence-corrected chi connectivity index (χ0v) is 22.5. The van der Waals surface area contributed by atoms with E-state index in [0.29, 0.717) is 11.3 Å². The van der Waals surface area contributed by atoms with E-state index in [2.05, 4.69) is 71.0 Å². The molecule has 1 atom stereocenters. The average molecular weight is 493 g/mol. The summed E-state index contributed by atoms with van der Waals surface area (Å²) in [6.45, 7) is 12.8. The van der Waals surface area contributed by atoms with Crippen LogP contribution in [-0.4, -0.2) is 16.5 Å². The summed E-state index contributed by atoms with van der Waals surface area (Å²) < 4.78 is 0. The van der Waals surface area contributed by atoms with Crippen LogP contribution >= 0.6 is 0 Å². The minimum atomic E-state index is -0.305. The molecule has 4 rings (SSSR count). The van der Waals surface area contributed by atoms with E-state index in [1.807, 2.05) is 43.3 Å². The second-order valence-corrected chi connectivity index (χ2v) is 11.1. The van der Waals surface area contributed by atoms with Gasteiger partial charge in [0.25, 0.3) is 0 Å². The quantitative estimate of drug-likeness (QED) is 0.257. The van der Waals surface area contributed by atoms with Gasteiger partial charge in [-0.2, -0.15) is 0 Å². The Labute approximate surface area is 220 Å². The van der Waals surface area contributed by atoms with Crippen LogP contribution in [0.1, 0.15) is 89.8 Å². The molecule has 0 radical (unpaired) electrons. The number of benzene rings is 4. The molecule has 3 nitrogen and oxygen atoms in total. The van der Waals surface area contributed by atoms with Crippen molar-refractivity contribution in [2.45, 2.75) is 58.3 Å². The van der Waals surface area contributed by atoms with Gasteiger partial charge >= 0.3 is 0 Å². The van der Waals surface area contributed by atoms with Gasteiger partial charge in [-0.1, -0.05) is 107 Å². The molecule has 0 bridgehead atoms. The molecule has 4 aromatic carbocycles. The van der Waals surface area contributed by atoms with Gasteiger partial charge in [0.1, 0.15) is 17.8 Å². The minimum absolute atomic E-state index is 0.0283. The number of hydrogen-bond acceptors (Lipinski definition) is 3. The Bertz CT molecular complexity index is 1430. The van der Waals surface area contributed by atoms with E-state index in [0.717, 1.165) is 34.1 Å². The van der Waals surface area contributed by atoms with Gasteiger partial charge in [-0.15, -0.1) is 0 Å². The summed E-state index contributed by atoms with van der Waals surface area (Å²) in [5.74, 6) is 0.551. The molecule has 0 spiro atoms. The maximum absolute atomic E-state index is 11.0. The number of phenols is 2. The molecule has 0 aliphatic rings. The Hall–Kier alpha value is -3.85. The van der Waals surface area contributed by atoms with Crippen molar-refractivity contribution in [1.29, 1.82) is 0 Å². The number of aryl methyl sites for hydroxylation is 1. The topological polar surface area (TPSA) is 57.5 Å². The monoisotopic (exact) mass is 492 g/mol. The highest BCUT2D eigenvalue weighted by molar-refractivity contribution is 5.74. The summed E-state index contributed by atoms with van der Waals surface area (Å²) in [5.41, 5.74) is 7.52. The van der Waals surface area contributed by atoms with Gasteiger partial charge in [0, 0.05) is 27.9 Å². The first-order valence-electron chi connectivity index (χ1n) is 12.7. The maximum atomic E-state index is 11.0. The van der Waals surface area contributed by atoms with Crippen molar-refractivity contribution in [1.82, 2.24) is 0 Å². The summed E-state index contributed by atoms with van der Waals surface area (Å²) in [4.78, 5) is 11.0. The first kappa shape index (κ1) is 26.2. The van der Waals surface area contributed by atoms with Gasteiger partial charge in [-0.25, -0.2) is 0 Å². The fraction of sp³-hybridized carbons (Fsp3) is 0.265. The van der Waals surface area contributed by atoms with Crippen molar-refractivity contribution < 1.29 is 15.0 Å². The van der Waals surface area contributed by atoms with E-state index in [1.54, 1.807) is 12.1 Å². The molecule has 37 heavy (non-hydrogen) atoms. The fourth-order valence-electron chi connectivity index (χ4n) is 5.01. The number of aromatic hydroxyl groups is 2. The van der Waals surface area contributed by atoms with E-state index < -0.39 is 0 Å².